The van der Waals surface area contributed by atoms with Crippen LogP contribution in [0.3, 0.4) is 0 Å². The number of carboxylic acids is 1. The van der Waals surface area contributed by atoms with Crippen molar-refractivity contribution in [2.24, 2.45) is 5.92 Å². The van der Waals surface area contributed by atoms with Crippen LogP contribution in [0.5, 0.6) is 0 Å². The van der Waals surface area contributed by atoms with E-state index in [1.165, 1.54) is 6.07 Å². The van der Waals surface area contributed by atoms with Crippen molar-refractivity contribution in [3.63, 3.8) is 0 Å². The molecule has 0 aromatic carbocycles. The zero-order valence-electron chi connectivity index (χ0n) is 10.6. The van der Waals surface area contributed by atoms with E-state index in [4.69, 9.17) is 10.2 Å². The first-order valence-corrected chi connectivity index (χ1v) is 6.22. The highest BCUT2D eigenvalue weighted by Crippen LogP contribution is 2.12. The van der Waals surface area contributed by atoms with E-state index in [0.717, 1.165) is 19.3 Å². The smallest absolute Gasteiger partial charge is 0.354 e. The van der Waals surface area contributed by atoms with Gasteiger partial charge in [0.25, 0.3) is 0 Å². The SMILES string of the molecule is CCCC(CCO)CNc1cccc(C(=O)O)n1. The van der Waals surface area contributed by atoms with Crippen LogP contribution in [0.15, 0.2) is 18.2 Å². The molecule has 1 aromatic rings. The highest BCUT2D eigenvalue weighted by atomic mass is 16.4. The van der Waals surface area contributed by atoms with E-state index in [-0.39, 0.29) is 12.3 Å². The fraction of sp³-hybridized carbons (Fsp3) is 0.538. The van der Waals surface area contributed by atoms with Gasteiger partial charge in [-0.05, 0) is 30.9 Å². The Hall–Kier alpha value is -1.62. The molecule has 0 radical (unpaired) electrons. The first kappa shape index (κ1) is 14.4. The topological polar surface area (TPSA) is 82.5 Å². The first-order chi connectivity index (χ1) is 8.67. The summed E-state index contributed by atoms with van der Waals surface area (Å²) in [4.78, 5) is 14.8. The Morgan fingerprint density at radius 2 is 2.22 bits per heavy atom. The molecule has 100 valence electrons. The number of aliphatic hydroxyl groups is 1. The number of carboxylic acid groups (broad SMARTS) is 1. The van der Waals surface area contributed by atoms with Crippen molar-refractivity contribution in [3.8, 4) is 0 Å². The van der Waals surface area contributed by atoms with E-state index in [1.807, 2.05) is 0 Å². The Morgan fingerprint density at radius 1 is 1.44 bits per heavy atom. The molecule has 1 unspecified atom stereocenters. The number of nitrogens with one attached hydrogen (secondary N) is 1. The van der Waals surface area contributed by atoms with Gasteiger partial charge in [-0.15, -0.1) is 0 Å². The molecule has 1 aromatic heterocycles. The monoisotopic (exact) mass is 252 g/mol. The van der Waals surface area contributed by atoms with Crippen molar-refractivity contribution in [2.75, 3.05) is 18.5 Å². The van der Waals surface area contributed by atoms with Crippen LogP contribution < -0.4 is 5.32 Å². The van der Waals surface area contributed by atoms with Gasteiger partial charge in [-0.2, -0.15) is 0 Å². The number of aromatic nitrogens is 1. The van der Waals surface area contributed by atoms with Crippen molar-refractivity contribution in [3.05, 3.63) is 23.9 Å². The van der Waals surface area contributed by atoms with Gasteiger partial charge in [-0.3, -0.25) is 0 Å². The summed E-state index contributed by atoms with van der Waals surface area (Å²) < 4.78 is 0. The van der Waals surface area contributed by atoms with Gasteiger partial charge in [0.15, 0.2) is 5.69 Å². The Morgan fingerprint density at radius 3 is 2.83 bits per heavy atom. The molecule has 1 atom stereocenters. The van der Waals surface area contributed by atoms with Gasteiger partial charge in [-0.1, -0.05) is 19.4 Å². The lowest BCUT2D eigenvalue weighted by Gasteiger charge is -2.16. The normalized spacial score (nSPS) is 12.1. The summed E-state index contributed by atoms with van der Waals surface area (Å²) in [5, 5.41) is 20.9. The van der Waals surface area contributed by atoms with Gasteiger partial charge < -0.3 is 15.5 Å². The highest BCUT2D eigenvalue weighted by molar-refractivity contribution is 5.85. The second kappa shape index (κ2) is 7.66. The predicted octanol–water partition coefficient (Wildman–Crippen LogP) is 1.99. The number of rotatable bonds is 8. The molecular formula is C13H20N2O3. The third-order valence-electron chi connectivity index (χ3n) is 2.77. The number of hydrogen-bond acceptors (Lipinski definition) is 4. The van der Waals surface area contributed by atoms with Gasteiger partial charge in [0.1, 0.15) is 5.82 Å². The molecule has 5 heteroatoms. The van der Waals surface area contributed by atoms with Gasteiger partial charge in [0.2, 0.25) is 0 Å². The van der Waals surface area contributed by atoms with Gasteiger partial charge in [0, 0.05) is 13.2 Å². The zero-order chi connectivity index (χ0) is 13.4. The van der Waals surface area contributed by atoms with Crippen LogP contribution in [-0.4, -0.2) is 34.3 Å². The molecule has 5 nitrogen and oxygen atoms in total. The minimum absolute atomic E-state index is 0.0363. The van der Waals surface area contributed by atoms with E-state index in [1.54, 1.807) is 12.1 Å². The van der Waals surface area contributed by atoms with E-state index >= 15 is 0 Å². The lowest BCUT2D eigenvalue weighted by molar-refractivity contribution is 0.0690. The Balaban J connectivity index is 2.55. The fourth-order valence-electron chi connectivity index (χ4n) is 1.84. The Kier molecular flexibility index (Phi) is 6.14. The summed E-state index contributed by atoms with van der Waals surface area (Å²) in [5.41, 5.74) is 0.0363. The Bertz CT molecular complexity index is 376. The van der Waals surface area contributed by atoms with Crippen LogP contribution in [0.25, 0.3) is 0 Å². The summed E-state index contributed by atoms with van der Waals surface area (Å²) in [6, 6.07) is 4.87. The minimum Gasteiger partial charge on any atom is -0.477 e. The van der Waals surface area contributed by atoms with E-state index in [2.05, 4.69) is 17.2 Å². The average molecular weight is 252 g/mol. The second-order valence-electron chi connectivity index (χ2n) is 4.26. The number of aromatic carboxylic acids is 1. The molecule has 0 saturated carbocycles. The number of aliphatic hydroxyl groups excluding tert-OH is 1. The van der Waals surface area contributed by atoms with Gasteiger partial charge >= 0.3 is 5.97 Å². The molecule has 0 aliphatic heterocycles. The summed E-state index contributed by atoms with van der Waals surface area (Å²) in [5.74, 6) is -0.0802. The largest absolute Gasteiger partial charge is 0.477 e. The third-order valence-corrected chi connectivity index (χ3v) is 2.77. The molecule has 0 amide bonds. The fourth-order valence-corrected chi connectivity index (χ4v) is 1.84. The summed E-state index contributed by atoms with van der Waals surface area (Å²) in [6.07, 6.45) is 2.85. The quantitative estimate of drug-likeness (QED) is 0.659. The van der Waals surface area contributed by atoms with Crippen molar-refractivity contribution >= 4 is 11.8 Å². The van der Waals surface area contributed by atoms with Gasteiger partial charge in [0.05, 0.1) is 0 Å². The minimum atomic E-state index is -1.03. The number of nitrogens with zero attached hydrogens (tertiary/aromatic N) is 1. The average Bonchev–Trinajstić information content (AvgIpc) is 2.37. The van der Waals surface area contributed by atoms with Crippen LogP contribution in [0.1, 0.15) is 36.7 Å². The van der Waals surface area contributed by atoms with E-state index in [9.17, 15) is 4.79 Å². The van der Waals surface area contributed by atoms with E-state index in [0.29, 0.717) is 18.3 Å². The summed E-state index contributed by atoms with van der Waals surface area (Å²) in [6.45, 7) is 2.98. The van der Waals surface area contributed by atoms with Crippen molar-refractivity contribution < 1.29 is 15.0 Å². The van der Waals surface area contributed by atoms with Crippen LogP contribution in [0.4, 0.5) is 5.82 Å². The van der Waals surface area contributed by atoms with Crippen molar-refractivity contribution in [1.82, 2.24) is 4.98 Å². The van der Waals surface area contributed by atoms with Crippen molar-refractivity contribution in [1.29, 1.82) is 0 Å². The standard InChI is InChI=1S/C13H20N2O3/c1-2-4-10(7-8-16)9-14-12-6-3-5-11(15-12)13(17)18/h3,5-6,10,16H,2,4,7-9H2,1H3,(H,14,15)(H,17,18). The maximum atomic E-state index is 10.8. The molecule has 0 fully saturated rings. The molecule has 0 aliphatic rings. The molecule has 0 aliphatic carbocycles. The summed E-state index contributed by atoms with van der Waals surface area (Å²) in [7, 11) is 0. The molecule has 0 bridgehead atoms. The zero-order valence-corrected chi connectivity index (χ0v) is 10.6. The molecule has 1 heterocycles. The lowest BCUT2D eigenvalue weighted by atomic mass is 10.0. The number of carbonyl (C=O) groups is 1. The molecule has 18 heavy (non-hydrogen) atoms. The van der Waals surface area contributed by atoms with Crippen LogP contribution in [-0.2, 0) is 0 Å². The van der Waals surface area contributed by atoms with Crippen LogP contribution in [0.2, 0.25) is 0 Å². The number of anilines is 1. The Labute approximate surface area is 107 Å². The molecule has 3 N–H and O–H groups in total. The van der Waals surface area contributed by atoms with Gasteiger partial charge in [-0.25, -0.2) is 9.78 Å². The molecular weight excluding hydrogens is 232 g/mol. The maximum Gasteiger partial charge on any atom is 0.354 e. The highest BCUT2D eigenvalue weighted by Gasteiger charge is 2.09. The second-order valence-corrected chi connectivity index (χ2v) is 4.26. The van der Waals surface area contributed by atoms with E-state index < -0.39 is 5.97 Å². The number of hydrogen-bond donors (Lipinski definition) is 3. The maximum absolute atomic E-state index is 10.8. The molecule has 1 rings (SSSR count). The summed E-state index contributed by atoms with van der Waals surface area (Å²) >= 11 is 0. The third kappa shape index (κ3) is 4.71. The van der Waals surface area contributed by atoms with Crippen LogP contribution in [0, 0.1) is 5.92 Å². The molecule has 0 spiro atoms. The number of pyridine rings is 1. The van der Waals surface area contributed by atoms with Crippen molar-refractivity contribution in [2.45, 2.75) is 26.2 Å². The lowest BCUT2D eigenvalue weighted by Crippen LogP contribution is -2.16. The molecule has 0 saturated heterocycles. The van der Waals surface area contributed by atoms with Crippen LogP contribution >= 0.6 is 0 Å². The first-order valence-electron chi connectivity index (χ1n) is 6.22. The predicted molar refractivity (Wildman–Crippen MR) is 69.8 cm³/mol.